The summed E-state index contributed by atoms with van der Waals surface area (Å²) in [5.41, 5.74) is 0.210. The maximum absolute atomic E-state index is 12.6. The molecule has 2 rings (SSSR count). The number of benzene rings is 2. The zero-order chi connectivity index (χ0) is 15.4. The Morgan fingerprint density at radius 2 is 1.48 bits per heavy atom. The Kier molecular flexibility index (Phi) is 4.49. The average Bonchev–Trinajstić information content (AvgIpc) is 2.48. The third kappa shape index (κ3) is 3.17. The van der Waals surface area contributed by atoms with Crippen LogP contribution in [-0.2, 0) is 15.6 Å². The van der Waals surface area contributed by atoms with Crippen LogP contribution in [0, 0.1) is 0 Å². The second-order valence-corrected chi connectivity index (χ2v) is 5.73. The molecule has 2 aromatic rings. The summed E-state index contributed by atoms with van der Waals surface area (Å²) in [6.45, 7) is 0. The fourth-order valence-corrected chi connectivity index (χ4v) is 3.36. The van der Waals surface area contributed by atoms with Crippen LogP contribution in [0.4, 0.5) is 0 Å². The van der Waals surface area contributed by atoms with Gasteiger partial charge in [-0.25, -0.2) is 4.79 Å². The summed E-state index contributed by atoms with van der Waals surface area (Å²) in [6, 6.07) is 13.8. The average molecular weight is 304 g/mol. The quantitative estimate of drug-likeness (QED) is 0.884. The van der Waals surface area contributed by atoms with Gasteiger partial charge in [0.25, 0.3) is 0 Å². The van der Waals surface area contributed by atoms with Crippen molar-refractivity contribution in [1.82, 2.24) is 0 Å². The summed E-state index contributed by atoms with van der Waals surface area (Å²) in [6.07, 6.45) is 0. The summed E-state index contributed by atoms with van der Waals surface area (Å²) in [7, 11) is -2.01. The van der Waals surface area contributed by atoms with Crippen molar-refractivity contribution in [3.8, 4) is 0 Å². The van der Waals surface area contributed by atoms with Crippen LogP contribution in [0.15, 0.2) is 59.5 Å². The molecule has 0 aromatic heterocycles. The molecule has 0 radical (unpaired) electrons. The highest BCUT2D eigenvalue weighted by Crippen LogP contribution is 2.27. The van der Waals surface area contributed by atoms with E-state index in [0.717, 1.165) is 0 Å². The van der Waals surface area contributed by atoms with E-state index in [0.29, 0.717) is 5.56 Å². The highest BCUT2D eigenvalue weighted by molar-refractivity contribution is 7.86. The van der Waals surface area contributed by atoms with E-state index in [2.05, 4.69) is 0 Å². The first kappa shape index (κ1) is 14.9. The van der Waals surface area contributed by atoms with Crippen LogP contribution in [0.1, 0.15) is 21.2 Å². The topological polar surface area (TPSA) is 91.7 Å². The standard InChI is InChI=1S/C15H12O5S/c16-14(17)11-8-4-5-9-12(11)21(20)13(15(18)19)10-6-2-1-3-7-10/h1-9,13H,(H,16,17)(H,18,19)/t13-,21-/m0/s1. The monoisotopic (exact) mass is 304 g/mol. The fraction of sp³-hybridized carbons (Fsp3) is 0.0667. The minimum Gasteiger partial charge on any atom is -0.480 e. The fourth-order valence-electron chi connectivity index (χ4n) is 1.93. The largest absolute Gasteiger partial charge is 0.480 e. The molecule has 0 heterocycles. The number of carboxylic acid groups (broad SMARTS) is 2. The van der Waals surface area contributed by atoms with Gasteiger partial charge in [0.1, 0.15) is 0 Å². The van der Waals surface area contributed by atoms with Crippen molar-refractivity contribution in [2.24, 2.45) is 0 Å². The van der Waals surface area contributed by atoms with Crippen LogP contribution < -0.4 is 0 Å². The normalized spacial score (nSPS) is 13.3. The van der Waals surface area contributed by atoms with Crippen LogP contribution in [0.2, 0.25) is 0 Å². The summed E-state index contributed by atoms with van der Waals surface area (Å²) in [5, 5.41) is 17.2. The summed E-state index contributed by atoms with van der Waals surface area (Å²) >= 11 is 0. The number of carbonyl (C=O) groups is 2. The minimum absolute atomic E-state index is 0.00116. The molecule has 6 heteroatoms. The molecule has 5 nitrogen and oxygen atoms in total. The molecule has 0 aliphatic carbocycles. The first-order valence-corrected chi connectivity index (χ1v) is 7.24. The van der Waals surface area contributed by atoms with Gasteiger partial charge in [-0.1, -0.05) is 42.5 Å². The molecule has 0 saturated carbocycles. The predicted octanol–water partition coefficient (Wildman–Crippen LogP) is 2.32. The maximum atomic E-state index is 12.6. The predicted molar refractivity (Wildman–Crippen MR) is 76.6 cm³/mol. The summed E-state index contributed by atoms with van der Waals surface area (Å²) < 4.78 is 12.6. The van der Waals surface area contributed by atoms with E-state index in [1.54, 1.807) is 30.3 Å². The second kappa shape index (κ2) is 6.32. The number of hydrogen-bond donors (Lipinski definition) is 2. The highest BCUT2D eigenvalue weighted by atomic mass is 32.2. The molecule has 2 aromatic carbocycles. The number of carboxylic acids is 2. The molecule has 0 bridgehead atoms. The second-order valence-electron chi connectivity index (χ2n) is 4.23. The van der Waals surface area contributed by atoms with E-state index >= 15 is 0 Å². The van der Waals surface area contributed by atoms with E-state index in [1.165, 1.54) is 24.3 Å². The highest BCUT2D eigenvalue weighted by Gasteiger charge is 2.30. The lowest BCUT2D eigenvalue weighted by Gasteiger charge is -2.14. The molecule has 0 unspecified atom stereocenters. The van der Waals surface area contributed by atoms with Crippen LogP contribution in [0.3, 0.4) is 0 Å². The molecular weight excluding hydrogens is 292 g/mol. The van der Waals surface area contributed by atoms with Gasteiger partial charge in [-0.2, -0.15) is 0 Å². The smallest absolute Gasteiger partial charge is 0.336 e. The van der Waals surface area contributed by atoms with Gasteiger partial charge in [-0.05, 0) is 17.7 Å². The Hall–Kier alpha value is -2.47. The van der Waals surface area contributed by atoms with E-state index in [4.69, 9.17) is 5.11 Å². The number of hydrogen-bond acceptors (Lipinski definition) is 3. The lowest BCUT2D eigenvalue weighted by atomic mass is 10.1. The molecule has 0 aliphatic heterocycles. The SMILES string of the molecule is O=C(O)c1ccccc1[S@](=O)[C@H](C(=O)O)c1ccccc1. The van der Waals surface area contributed by atoms with E-state index in [9.17, 15) is 18.9 Å². The summed E-state index contributed by atoms with van der Waals surface area (Å²) in [5.74, 6) is -2.50. The van der Waals surface area contributed by atoms with Crippen molar-refractivity contribution in [3.63, 3.8) is 0 Å². The Bertz CT molecular complexity index is 696. The van der Waals surface area contributed by atoms with Gasteiger partial charge < -0.3 is 10.2 Å². The zero-order valence-electron chi connectivity index (χ0n) is 10.8. The van der Waals surface area contributed by atoms with Gasteiger partial charge in [0.05, 0.1) is 21.3 Å². The maximum Gasteiger partial charge on any atom is 0.336 e. The van der Waals surface area contributed by atoms with Gasteiger partial charge in [-0.3, -0.25) is 9.00 Å². The first-order chi connectivity index (χ1) is 10.0. The van der Waals surface area contributed by atoms with Crippen LogP contribution >= 0.6 is 0 Å². The van der Waals surface area contributed by atoms with Crippen molar-refractivity contribution in [1.29, 1.82) is 0 Å². The van der Waals surface area contributed by atoms with Gasteiger partial charge in [0, 0.05) is 0 Å². The Labute approximate surface area is 123 Å². The lowest BCUT2D eigenvalue weighted by Crippen LogP contribution is -2.19. The van der Waals surface area contributed by atoms with Gasteiger partial charge in [0.2, 0.25) is 0 Å². The van der Waals surface area contributed by atoms with Crippen molar-refractivity contribution < 1.29 is 24.0 Å². The van der Waals surface area contributed by atoms with Crippen molar-refractivity contribution in [2.45, 2.75) is 10.1 Å². The van der Waals surface area contributed by atoms with Gasteiger partial charge in [0.15, 0.2) is 5.25 Å². The van der Waals surface area contributed by atoms with E-state index in [-0.39, 0.29) is 10.5 Å². The third-order valence-corrected chi connectivity index (χ3v) is 4.57. The number of aromatic carboxylic acids is 1. The Balaban J connectivity index is 2.51. The Morgan fingerprint density at radius 1 is 0.905 bits per heavy atom. The number of rotatable bonds is 5. The summed E-state index contributed by atoms with van der Waals surface area (Å²) in [4.78, 5) is 22.6. The minimum atomic E-state index is -2.01. The van der Waals surface area contributed by atoms with Crippen LogP contribution in [0.25, 0.3) is 0 Å². The lowest BCUT2D eigenvalue weighted by molar-refractivity contribution is -0.136. The molecule has 21 heavy (non-hydrogen) atoms. The van der Waals surface area contributed by atoms with E-state index < -0.39 is 28.0 Å². The molecule has 2 atom stereocenters. The molecule has 108 valence electrons. The molecule has 0 amide bonds. The van der Waals surface area contributed by atoms with Crippen LogP contribution in [-0.4, -0.2) is 26.4 Å². The molecule has 0 spiro atoms. The van der Waals surface area contributed by atoms with Gasteiger partial charge >= 0.3 is 11.9 Å². The molecule has 0 saturated heterocycles. The molecule has 2 N–H and O–H groups in total. The van der Waals surface area contributed by atoms with Crippen molar-refractivity contribution in [3.05, 3.63) is 65.7 Å². The first-order valence-electron chi connectivity index (χ1n) is 6.03. The molecule has 0 fully saturated rings. The Morgan fingerprint density at radius 3 is 2.05 bits per heavy atom. The number of aliphatic carboxylic acids is 1. The van der Waals surface area contributed by atoms with Crippen molar-refractivity contribution >= 4 is 22.7 Å². The molecular formula is C15H12O5S. The van der Waals surface area contributed by atoms with Gasteiger partial charge in [-0.15, -0.1) is 0 Å². The van der Waals surface area contributed by atoms with E-state index in [1.807, 2.05) is 0 Å². The molecule has 0 aliphatic rings. The zero-order valence-corrected chi connectivity index (χ0v) is 11.6. The third-order valence-electron chi connectivity index (χ3n) is 2.87. The van der Waals surface area contributed by atoms with Crippen LogP contribution in [0.5, 0.6) is 0 Å². The van der Waals surface area contributed by atoms with Crippen molar-refractivity contribution in [2.75, 3.05) is 0 Å².